The SMILES string of the molecule is CCOc1cccc([C@@H](N)C2CCCCC2)c1O. The van der Waals surface area contributed by atoms with Crippen LogP contribution in [0.4, 0.5) is 0 Å². The van der Waals surface area contributed by atoms with Gasteiger partial charge in [0.25, 0.3) is 0 Å². The van der Waals surface area contributed by atoms with Crippen LogP contribution < -0.4 is 10.5 Å². The summed E-state index contributed by atoms with van der Waals surface area (Å²) in [5.74, 6) is 1.25. The first-order valence-corrected chi connectivity index (χ1v) is 6.94. The molecule has 1 fully saturated rings. The summed E-state index contributed by atoms with van der Waals surface area (Å²) in [6.45, 7) is 2.46. The molecule has 0 spiro atoms. The summed E-state index contributed by atoms with van der Waals surface area (Å²) in [6, 6.07) is 5.53. The number of phenolic OH excluding ortho intramolecular Hbond substituents is 1. The Balaban J connectivity index is 2.18. The third kappa shape index (κ3) is 2.78. The number of rotatable bonds is 4. The lowest BCUT2D eigenvalue weighted by Crippen LogP contribution is -2.23. The summed E-state index contributed by atoms with van der Waals surface area (Å²) in [6.07, 6.45) is 6.15. The van der Waals surface area contributed by atoms with E-state index in [9.17, 15) is 5.11 Å². The maximum absolute atomic E-state index is 10.2. The summed E-state index contributed by atoms with van der Waals surface area (Å²) >= 11 is 0. The number of ether oxygens (including phenoxy) is 1. The van der Waals surface area contributed by atoms with E-state index in [1.54, 1.807) is 6.07 Å². The Morgan fingerprint density at radius 2 is 2.06 bits per heavy atom. The lowest BCUT2D eigenvalue weighted by molar-refractivity contribution is 0.292. The van der Waals surface area contributed by atoms with Crippen molar-refractivity contribution >= 4 is 0 Å². The van der Waals surface area contributed by atoms with Gasteiger partial charge in [0.05, 0.1) is 6.61 Å². The molecule has 0 amide bonds. The van der Waals surface area contributed by atoms with Crippen LogP contribution in [0, 0.1) is 5.92 Å². The van der Waals surface area contributed by atoms with Gasteiger partial charge < -0.3 is 15.6 Å². The number of aromatic hydroxyl groups is 1. The summed E-state index contributed by atoms with van der Waals surface area (Å²) in [5, 5.41) is 10.2. The van der Waals surface area contributed by atoms with E-state index in [1.807, 2.05) is 19.1 Å². The number of hydrogen-bond donors (Lipinski definition) is 2. The van der Waals surface area contributed by atoms with Gasteiger partial charge in [-0.25, -0.2) is 0 Å². The molecule has 0 aromatic heterocycles. The minimum absolute atomic E-state index is 0.0780. The lowest BCUT2D eigenvalue weighted by Gasteiger charge is -2.28. The van der Waals surface area contributed by atoms with Crippen LogP contribution in [0.15, 0.2) is 18.2 Å². The predicted octanol–water partition coefficient (Wildman–Crippen LogP) is 3.37. The minimum atomic E-state index is -0.0780. The Hall–Kier alpha value is -1.22. The van der Waals surface area contributed by atoms with Crippen LogP contribution in [-0.4, -0.2) is 11.7 Å². The molecule has 0 saturated heterocycles. The first kappa shape index (κ1) is 13.2. The monoisotopic (exact) mass is 249 g/mol. The molecular formula is C15H23NO2. The number of nitrogens with two attached hydrogens (primary N) is 1. The number of phenols is 1. The minimum Gasteiger partial charge on any atom is -0.504 e. The predicted molar refractivity (Wildman–Crippen MR) is 72.8 cm³/mol. The molecule has 3 nitrogen and oxygen atoms in total. The fourth-order valence-corrected chi connectivity index (χ4v) is 2.83. The highest BCUT2D eigenvalue weighted by Crippen LogP contribution is 2.39. The van der Waals surface area contributed by atoms with Gasteiger partial charge in [0, 0.05) is 11.6 Å². The van der Waals surface area contributed by atoms with Crippen molar-refractivity contribution < 1.29 is 9.84 Å². The summed E-state index contributed by atoms with van der Waals surface area (Å²) in [5.41, 5.74) is 7.15. The lowest BCUT2D eigenvalue weighted by atomic mass is 9.81. The van der Waals surface area contributed by atoms with Gasteiger partial charge in [-0.1, -0.05) is 31.4 Å². The van der Waals surface area contributed by atoms with E-state index in [4.69, 9.17) is 10.5 Å². The van der Waals surface area contributed by atoms with Gasteiger partial charge in [-0.2, -0.15) is 0 Å². The average molecular weight is 249 g/mol. The molecule has 1 saturated carbocycles. The molecule has 1 atom stereocenters. The fraction of sp³-hybridized carbons (Fsp3) is 0.600. The van der Waals surface area contributed by atoms with Crippen LogP contribution in [0.25, 0.3) is 0 Å². The number of hydrogen-bond acceptors (Lipinski definition) is 3. The smallest absolute Gasteiger partial charge is 0.162 e. The van der Waals surface area contributed by atoms with Crippen LogP contribution in [-0.2, 0) is 0 Å². The van der Waals surface area contributed by atoms with Gasteiger partial charge in [0.2, 0.25) is 0 Å². The van der Waals surface area contributed by atoms with Crippen molar-refractivity contribution in [3.05, 3.63) is 23.8 Å². The van der Waals surface area contributed by atoms with Crippen LogP contribution in [0.3, 0.4) is 0 Å². The molecule has 0 aliphatic heterocycles. The topological polar surface area (TPSA) is 55.5 Å². The molecule has 0 heterocycles. The van der Waals surface area contributed by atoms with Crippen LogP contribution in [0.2, 0.25) is 0 Å². The van der Waals surface area contributed by atoms with E-state index in [0.29, 0.717) is 18.3 Å². The van der Waals surface area contributed by atoms with Crippen LogP contribution >= 0.6 is 0 Å². The molecule has 0 unspecified atom stereocenters. The van der Waals surface area contributed by atoms with E-state index in [1.165, 1.54) is 32.1 Å². The molecule has 1 aromatic carbocycles. The van der Waals surface area contributed by atoms with Crippen LogP contribution in [0.1, 0.15) is 50.6 Å². The van der Waals surface area contributed by atoms with Crippen molar-refractivity contribution in [2.45, 2.75) is 45.1 Å². The van der Waals surface area contributed by atoms with Gasteiger partial charge in [-0.05, 0) is 31.7 Å². The van der Waals surface area contributed by atoms with Crippen molar-refractivity contribution in [1.29, 1.82) is 0 Å². The third-order valence-electron chi connectivity index (χ3n) is 3.85. The highest BCUT2D eigenvalue weighted by atomic mass is 16.5. The molecule has 2 rings (SSSR count). The second kappa shape index (κ2) is 6.10. The molecule has 100 valence electrons. The zero-order chi connectivity index (χ0) is 13.0. The Kier molecular flexibility index (Phi) is 4.48. The van der Waals surface area contributed by atoms with Crippen molar-refractivity contribution in [1.82, 2.24) is 0 Å². The maximum Gasteiger partial charge on any atom is 0.162 e. The van der Waals surface area contributed by atoms with Gasteiger partial charge in [0.1, 0.15) is 0 Å². The standard InChI is InChI=1S/C15H23NO2/c1-2-18-13-10-6-9-12(15(13)17)14(16)11-7-4-3-5-8-11/h6,9-11,14,17H,2-5,7-8,16H2,1H3/t14-/m0/s1. The van der Waals surface area contributed by atoms with Crippen molar-refractivity contribution in [3.8, 4) is 11.5 Å². The molecule has 0 radical (unpaired) electrons. The molecule has 3 heteroatoms. The molecule has 18 heavy (non-hydrogen) atoms. The summed E-state index contributed by atoms with van der Waals surface area (Å²) < 4.78 is 5.41. The largest absolute Gasteiger partial charge is 0.504 e. The third-order valence-corrected chi connectivity index (χ3v) is 3.85. The number of benzene rings is 1. The Labute approximate surface area is 109 Å². The highest BCUT2D eigenvalue weighted by molar-refractivity contribution is 5.47. The second-order valence-electron chi connectivity index (χ2n) is 5.05. The van der Waals surface area contributed by atoms with Crippen molar-refractivity contribution in [2.75, 3.05) is 6.61 Å². The van der Waals surface area contributed by atoms with Crippen LogP contribution in [0.5, 0.6) is 11.5 Å². The molecule has 1 aliphatic rings. The molecule has 0 bridgehead atoms. The Bertz CT molecular complexity index is 386. The average Bonchev–Trinajstić information content (AvgIpc) is 2.42. The zero-order valence-electron chi connectivity index (χ0n) is 11.1. The first-order chi connectivity index (χ1) is 8.74. The molecule has 3 N–H and O–H groups in total. The van der Waals surface area contributed by atoms with Crippen molar-refractivity contribution in [3.63, 3.8) is 0 Å². The highest BCUT2D eigenvalue weighted by Gasteiger charge is 2.24. The van der Waals surface area contributed by atoms with E-state index < -0.39 is 0 Å². The first-order valence-electron chi connectivity index (χ1n) is 6.94. The maximum atomic E-state index is 10.2. The normalized spacial score (nSPS) is 18.6. The zero-order valence-corrected chi connectivity index (χ0v) is 11.1. The molecule has 1 aliphatic carbocycles. The van der Waals surface area contributed by atoms with Gasteiger partial charge in [-0.15, -0.1) is 0 Å². The molecule has 1 aromatic rings. The van der Waals surface area contributed by atoms with Gasteiger partial charge in [-0.3, -0.25) is 0 Å². The van der Waals surface area contributed by atoms with E-state index in [2.05, 4.69) is 0 Å². The Morgan fingerprint density at radius 1 is 1.33 bits per heavy atom. The fourth-order valence-electron chi connectivity index (χ4n) is 2.83. The van der Waals surface area contributed by atoms with Crippen molar-refractivity contribution in [2.24, 2.45) is 11.7 Å². The Morgan fingerprint density at radius 3 is 2.72 bits per heavy atom. The van der Waals surface area contributed by atoms with E-state index in [-0.39, 0.29) is 11.8 Å². The second-order valence-corrected chi connectivity index (χ2v) is 5.05. The molecular weight excluding hydrogens is 226 g/mol. The quantitative estimate of drug-likeness (QED) is 0.860. The number of para-hydroxylation sites is 1. The summed E-state index contributed by atoms with van der Waals surface area (Å²) in [4.78, 5) is 0. The summed E-state index contributed by atoms with van der Waals surface area (Å²) in [7, 11) is 0. The van der Waals surface area contributed by atoms with Gasteiger partial charge in [0.15, 0.2) is 11.5 Å². The van der Waals surface area contributed by atoms with E-state index in [0.717, 1.165) is 5.56 Å². The van der Waals surface area contributed by atoms with E-state index >= 15 is 0 Å². The van der Waals surface area contributed by atoms with Gasteiger partial charge >= 0.3 is 0 Å².